The lowest BCUT2D eigenvalue weighted by molar-refractivity contribution is -0.0322. The van der Waals surface area contributed by atoms with Crippen LogP contribution in [0, 0.1) is 0 Å². The monoisotopic (exact) mass is 229 g/mol. The minimum absolute atomic E-state index is 0.233. The molecule has 98 valence electrons. The van der Waals surface area contributed by atoms with Crippen LogP contribution in [0.2, 0.25) is 0 Å². The van der Waals surface area contributed by atoms with E-state index >= 15 is 0 Å². The molecule has 0 spiro atoms. The highest BCUT2D eigenvalue weighted by molar-refractivity contribution is 4.72. The highest BCUT2D eigenvalue weighted by Gasteiger charge is 2.21. The maximum absolute atomic E-state index is 10.1. The van der Waals surface area contributed by atoms with Gasteiger partial charge in [0.2, 0.25) is 0 Å². The van der Waals surface area contributed by atoms with E-state index in [1.807, 2.05) is 0 Å². The molecule has 2 nitrogen and oxygen atoms in total. The predicted octanol–water partition coefficient (Wildman–Crippen LogP) is 3.79. The van der Waals surface area contributed by atoms with Crippen LogP contribution in [0.15, 0.2) is 0 Å². The first kappa shape index (κ1) is 15.9. The fourth-order valence-corrected chi connectivity index (χ4v) is 2.39. The normalized spacial score (nSPS) is 15.4. The van der Waals surface area contributed by atoms with Crippen molar-refractivity contribution in [2.24, 2.45) is 0 Å². The zero-order valence-electron chi connectivity index (χ0n) is 11.7. The van der Waals surface area contributed by atoms with Crippen LogP contribution < -0.4 is 0 Å². The highest BCUT2D eigenvalue weighted by atomic mass is 16.3. The minimum Gasteiger partial charge on any atom is -0.378 e. The van der Waals surface area contributed by atoms with Crippen molar-refractivity contribution in [3.63, 3.8) is 0 Å². The molecule has 2 atom stereocenters. The van der Waals surface area contributed by atoms with Gasteiger partial charge >= 0.3 is 0 Å². The average Bonchev–Trinajstić information content (AvgIpc) is 2.27. The molecule has 0 aliphatic rings. The quantitative estimate of drug-likeness (QED) is 0.576. The molecule has 0 radical (unpaired) electrons. The molecule has 2 unspecified atom stereocenters. The first-order valence-corrected chi connectivity index (χ1v) is 7.14. The lowest BCUT2D eigenvalue weighted by Gasteiger charge is -2.34. The summed E-state index contributed by atoms with van der Waals surface area (Å²) in [5, 5.41) is 10.1. The van der Waals surface area contributed by atoms with Crippen LogP contribution in [0.4, 0.5) is 0 Å². The first-order valence-electron chi connectivity index (χ1n) is 7.14. The molecule has 0 fully saturated rings. The molecule has 0 aliphatic carbocycles. The number of aliphatic hydroxyl groups excluding tert-OH is 1. The van der Waals surface area contributed by atoms with Crippen LogP contribution >= 0.6 is 0 Å². The molecule has 0 saturated heterocycles. The van der Waals surface area contributed by atoms with Gasteiger partial charge in [0.15, 0.2) is 0 Å². The van der Waals surface area contributed by atoms with E-state index in [9.17, 15) is 5.11 Å². The molecule has 1 N–H and O–H groups in total. The van der Waals surface area contributed by atoms with Crippen LogP contribution in [-0.2, 0) is 0 Å². The van der Waals surface area contributed by atoms with E-state index < -0.39 is 0 Å². The Balaban J connectivity index is 4.30. The second-order valence-electron chi connectivity index (χ2n) is 4.68. The Morgan fingerprint density at radius 1 is 0.875 bits per heavy atom. The van der Waals surface area contributed by atoms with Crippen molar-refractivity contribution in [3.05, 3.63) is 0 Å². The minimum atomic E-state index is -0.233. The van der Waals surface area contributed by atoms with Gasteiger partial charge in [-0.1, -0.05) is 53.4 Å². The van der Waals surface area contributed by atoms with Crippen molar-refractivity contribution >= 4 is 0 Å². The average molecular weight is 229 g/mol. The fraction of sp³-hybridized carbons (Fsp3) is 1.00. The van der Waals surface area contributed by atoms with E-state index in [1.165, 1.54) is 32.1 Å². The van der Waals surface area contributed by atoms with Crippen molar-refractivity contribution < 1.29 is 5.11 Å². The van der Waals surface area contributed by atoms with E-state index in [-0.39, 0.29) is 6.23 Å². The van der Waals surface area contributed by atoms with Crippen LogP contribution in [-0.4, -0.2) is 28.8 Å². The third-order valence-corrected chi connectivity index (χ3v) is 3.28. The van der Waals surface area contributed by atoms with Crippen molar-refractivity contribution in [1.82, 2.24) is 4.90 Å². The van der Waals surface area contributed by atoms with Crippen molar-refractivity contribution in [2.75, 3.05) is 6.54 Å². The van der Waals surface area contributed by atoms with E-state index in [2.05, 4.69) is 32.6 Å². The van der Waals surface area contributed by atoms with E-state index in [0.717, 1.165) is 19.4 Å². The molecule has 0 bridgehead atoms. The van der Waals surface area contributed by atoms with Crippen LogP contribution in [0.3, 0.4) is 0 Å². The molecule has 0 aromatic rings. The first-order chi connectivity index (χ1) is 7.71. The molecule has 0 saturated carbocycles. The Hall–Kier alpha value is -0.0800. The molecular weight excluding hydrogens is 198 g/mol. The van der Waals surface area contributed by atoms with Crippen LogP contribution in [0.5, 0.6) is 0 Å². The summed E-state index contributed by atoms with van der Waals surface area (Å²) in [6.07, 6.45) is 7.92. The zero-order valence-corrected chi connectivity index (χ0v) is 11.7. The lowest BCUT2D eigenvalue weighted by Crippen LogP contribution is -2.43. The summed E-state index contributed by atoms with van der Waals surface area (Å²) in [4.78, 5) is 2.29. The number of hydrogen-bond acceptors (Lipinski definition) is 2. The second-order valence-corrected chi connectivity index (χ2v) is 4.68. The lowest BCUT2D eigenvalue weighted by atomic mass is 10.0. The topological polar surface area (TPSA) is 23.5 Å². The Kier molecular flexibility index (Phi) is 10.0. The smallest absolute Gasteiger partial charge is 0.107 e. The number of aliphatic hydroxyl groups is 1. The van der Waals surface area contributed by atoms with Crippen molar-refractivity contribution in [2.45, 2.75) is 84.9 Å². The van der Waals surface area contributed by atoms with Gasteiger partial charge < -0.3 is 5.11 Å². The van der Waals surface area contributed by atoms with E-state index in [4.69, 9.17) is 0 Å². The van der Waals surface area contributed by atoms with Gasteiger partial charge in [0, 0.05) is 6.04 Å². The maximum Gasteiger partial charge on any atom is 0.107 e. The summed E-state index contributed by atoms with van der Waals surface area (Å²) in [7, 11) is 0. The van der Waals surface area contributed by atoms with Crippen molar-refractivity contribution in [3.8, 4) is 0 Å². The third-order valence-electron chi connectivity index (χ3n) is 3.28. The molecule has 0 aromatic carbocycles. The molecule has 16 heavy (non-hydrogen) atoms. The molecule has 0 rings (SSSR count). The van der Waals surface area contributed by atoms with Crippen LogP contribution in [0.25, 0.3) is 0 Å². The van der Waals surface area contributed by atoms with Gasteiger partial charge in [0.05, 0.1) is 0 Å². The van der Waals surface area contributed by atoms with Crippen molar-refractivity contribution in [1.29, 1.82) is 0 Å². The Bertz CT molecular complexity index is 150. The van der Waals surface area contributed by atoms with E-state index in [1.54, 1.807) is 0 Å². The maximum atomic E-state index is 10.1. The molecule has 0 aliphatic heterocycles. The zero-order chi connectivity index (χ0) is 12.4. The van der Waals surface area contributed by atoms with Crippen LogP contribution in [0.1, 0.15) is 72.6 Å². The van der Waals surface area contributed by atoms with Gasteiger partial charge in [-0.2, -0.15) is 0 Å². The number of unbranched alkanes of at least 4 members (excludes halogenated alkanes) is 1. The third kappa shape index (κ3) is 5.86. The largest absolute Gasteiger partial charge is 0.378 e. The highest BCUT2D eigenvalue weighted by Crippen LogP contribution is 2.18. The predicted molar refractivity (Wildman–Crippen MR) is 71.5 cm³/mol. The summed E-state index contributed by atoms with van der Waals surface area (Å²) in [5.74, 6) is 0. The Labute approximate surface area is 102 Å². The Morgan fingerprint density at radius 2 is 1.50 bits per heavy atom. The molecule has 0 heterocycles. The summed E-state index contributed by atoms with van der Waals surface area (Å²) >= 11 is 0. The summed E-state index contributed by atoms with van der Waals surface area (Å²) in [6.45, 7) is 9.74. The summed E-state index contributed by atoms with van der Waals surface area (Å²) in [5.41, 5.74) is 0. The molecule has 2 heteroatoms. The Morgan fingerprint density at radius 3 is 1.94 bits per heavy atom. The van der Waals surface area contributed by atoms with Gasteiger partial charge in [0.1, 0.15) is 6.23 Å². The van der Waals surface area contributed by atoms with Gasteiger partial charge in [0.25, 0.3) is 0 Å². The van der Waals surface area contributed by atoms with Gasteiger partial charge in [-0.25, -0.2) is 0 Å². The SMILES string of the molecule is CCCCC(CCC)N(CC)C(O)CCC. The molecule has 0 aromatic heterocycles. The number of hydrogen-bond donors (Lipinski definition) is 1. The molecular formula is C14H31NO. The fourth-order valence-electron chi connectivity index (χ4n) is 2.39. The van der Waals surface area contributed by atoms with E-state index in [0.29, 0.717) is 6.04 Å². The molecule has 0 amide bonds. The van der Waals surface area contributed by atoms with Gasteiger partial charge in [-0.15, -0.1) is 0 Å². The van der Waals surface area contributed by atoms with Gasteiger partial charge in [-0.3, -0.25) is 4.90 Å². The number of nitrogens with zero attached hydrogens (tertiary/aromatic N) is 1. The summed E-state index contributed by atoms with van der Waals surface area (Å²) < 4.78 is 0. The summed E-state index contributed by atoms with van der Waals surface area (Å²) in [6, 6.07) is 0.580. The van der Waals surface area contributed by atoms with Gasteiger partial charge in [-0.05, 0) is 25.8 Å². The second kappa shape index (κ2) is 10.1. The standard InChI is InChI=1S/C14H31NO/c1-5-9-12-13(10-6-2)15(8-4)14(16)11-7-3/h13-14,16H,5-12H2,1-4H3. The number of rotatable bonds is 10.